The second kappa shape index (κ2) is 6.98. The Balaban J connectivity index is 2.72. The number of aromatic nitrogens is 2. The lowest BCUT2D eigenvalue weighted by atomic mass is 10.2. The van der Waals surface area contributed by atoms with Gasteiger partial charge in [-0.15, -0.1) is 0 Å². The van der Waals surface area contributed by atoms with Crippen LogP contribution in [0.15, 0.2) is 17.0 Å². The highest BCUT2D eigenvalue weighted by atomic mass is 35.5. The van der Waals surface area contributed by atoms with Crippen LogP contribution in [0.25, 0.3) is 5.69 Å². The van der Waals surface area contributed by atoms with Gasteiger partial charge in [0.15, 0.2) is 11.5 Å². The van der Waals surface area contributed by atoms with Gasteiger partial charge < -0.3 is 5.11 Å². The first-order chi connectivity index (χ1) is 11.9. The maximum Gasteiger partial charge on any atom is 0.446 e. The monoisotopic (exact) mass is 419 g/mol. The van der Waals surface area contributed by atoms with Crippen molar-refractivity contribution in [2.45, 2.75) is 23.2 Å². The largest absolute Gasteiger partial charge is 0.446 e. The summed E-state index contributed by atoms with van der Waals surface area (Å²) in [5.41, 5.74) is -8.55. The van der Waals surface area contributed by atoms with E-state index in [0.29, 0.717) is 10.7 Å². The molecule has 13 heteroatoms. The Morgan fingerprint density at radius 2 is 1.85 bits per heavy atom. The number of nitrogens with zero attached hydrogens (tertiary/aromatic N) is 3. The van der Waals surface area contributed by atoms with Gasteiger partial charge >= 0.3 is 11.7 Å². The molecule has 0 amide bonds. The number of thioether (sulfide) groups is 1. The Bertz CT molecular complexity index is 863. The molecule has 0 aliphatic heterocycles. The van der Waals surface area contributed by atoms with E-state index >= 15 is 0 Å². The lowest BCUT2D eigenvalue weighted by Crippen LogP contribution is -2.10. The molecule has 4 nitrogen and oxygen atoms in total. The molecule has 0 fully saturated rings. The molecular formula is C13H5ClF7N3OS. The van der Waals surface area contributed by atoms with Crippen LogP contribution >= 0.6 is 23.4 Å². The predicted octanol–water partition coefficient (Wildman–Crippen LogP) is 4.66. The molecule has 2 aromatic rings. The van der Waals surface area contributed by atoms with Gasteiger partial charge in [0.2, 0.25) is 0 Å². The fraction of sp³-hybridized carbons (Fsp3) is 0.231. The molecule has 0 saturated carbocycles. The van der Waals surface area contributed by atoms with Crippen molar-refractivity contribution >= 4 is 23.4 Å². The molecule has 0 atom stereocenters. The number of aliphatic hydroxyl groups is 1. The average molecular weight is 420 g/mol. The van der Waals surface area contributed by atoms with Gasteiger partial charge in [0.25, 0.3) is 0 Å². The van der Waals surface area contributed by atoms with Gasteiger partial charge in [-0.1, -0.05) is 11.6 Å². The van der Waals surface area contributed by atoms with Crippen LogP contribution in [0.2, 0.25) is 5.02 Å². The highest BCUT2D eigenvalue weighted by Crippen LogP contribution is 2.42. The van der Waals surface area contributed by atoms with Crippen LogP contribution in [0, 0.1) is 17.1 Å². The third-order valence-electron chi connectivity index (χ3n) is 2.96. The zero-order valence-corrected chi connectivity index (χ0v) is 13.7. The summed E-state index contributed by atoms with van der Waals surface area (Å²) < 4.78 is 90.5. The van der Waals surface area contributed by atoms with Crippen LogP contribution in [-0.4, -0.2) is 20.4 Å². The van der Waals surface area contributed by atoms with Crippen LogP contribution in [0.1, 0.15) is 17.0 Å². The van der Waals surface area contributed by atoms with Crippen molar-refractivity contribution in [1.82, 2.24) is 9.78 Å². The van der Waals surface area contributed by atoms with E-state index < -0.39 is 68.4 Å². The standard InChI is InChI=1S/C13H5ClF7N3OS/c14-6-1-5(12(16,17)18)2-7(15)10(6)24-9(4-25)11(8(3-22)23-24)26-13(19,20)21/h1-2,25H,4H2. The fourth-order valence-electron chi connectivity index (χ4n) is 1.99. The summed E-state index contributed by atoms with van der Waals surface area (Å²) in [5, 5.41) is 20.9. The molecule has 26 heavy (non-hydrogen) atoms. The Morgan fingerprint density at radius 1 is 1.23 bits per heavy atom. The molecule has 140 valence electrons. The number of halogens is 8. The van der Waals surface area contributed by atoms with Crippen molar-refractivity contribution in [1.29, 1.82) is 5.26 Å². The van der Waals surface area contributed by atoms with Gasteiger partial charge in [-0.3, -0.25) is 0 Å². The first-order valence-corrected chi connectivity index (χ1v) is 7.53. The van der Waals surface area contributed by atoms with Crippen LogP contribution in [0.3, 0.4) is 0 Å². The number of nitriles is 1. The molecule has 0 saturated heterocycles. The quantitative estimate of drug-likeness (QED) is 0.580. The minimum Gasteiger partial charge on any atom is -0.390 e. The Hall–Kier alpha value is -1.97. The lowest BCUT2D eigenvalue weighted by Gasteiger charge is -2.13. The van der Waals surface area contributed by atoms with Crippen molar-refractivity contribution in [2.75, 3.05) is 0 Å². The molecule has 2 rings (SSSR count). The molecule has 0 aliphatic rings. The predicted molar refractivity (Wildman–Crippen MR) is 76.1 cm³/mol. The SMILES string of the molecule is N#Cc1nn(-c2c(F)cc(C(F)(F)F)cc2Cl)c(CO)c1SC(F)(F)F. The molecule has 0 aliphatic carbocycles. The molecule has 0 bridgehead atoms. The molecule has 1 N–H and O–H groups in total. The van der Waals surface area contributed by atoms with Crippen LogP contribution < -0.4 is 0 Å². The smallest absolute Gasteiger partial charge is 0.390 e. The van der Waals surface area contributed by atoms with Crippen LogP contribution in [-0.2, 0) is 12.8 Å². The molecule has 0 spiro atoms. The fourth-order valence-corrected chi connectivity index (χ4v) is 2.96. The second-order valence-electron chi connectivity index (χ2n) is 4.64. The van der Waals surface area contributed by atoms with Crippen molar-refractivity contribution in [3.05, 3.63) is 39.9 Å². The van der Waals surface area contributed by atoms with Crippen molar-refractivity contribution in [2.24, 2.45) is 0 Å². The summed E-state index contributed by atoms with van der Waals surface area (Å²) in [6.07, 6.45) is -4.91. The number of rotatable bonds is 3. The number of benzene rings is 1. The van der Waals surface area contributed by atoms with E-state index in [4.69, 9.17) is 16.9 Å². The minimum absolute atomic E-state index is 0.0761. The van der Waals surface area contributed by atoms with Gasteiger partial charge in [-0.2, -0.15) is 36.7 Å². The topological polar surface area (TPSA) is 61.8 Å². The third-order valence-corrected chi connectivity index (χ3v) is 4.11. The maximum atomic E-state index is 14.2. The van der Waals surface area contributed by atoms with Gasteiger partial charge in [-0.25, -0.2) is 9.07 Å². The van der Waals surface area contributed by atoms with E-state index in [-0.39, 0.29) is 6.07 Å². The summed E-state index contributed by atoms with van der Waals surface area (Å²) in [4.78, 5) is -0.808. The molecule has 0 unspecified atom stereocenters. The van der Waals surface area contributed by atoms with Crippen molar-refractivity contribution < 1.29 is 35.8 Å². The van der Waals surface area contributed by atoms with Crippen molar-refractivity contribution in [3.8, 4) is 11.8 Å². The van der Waals surface area contributed by atoms with E-state index in [1.54, 1.807) is 0 Å². The minimum atomic E-state index is -4.91. The summed E-state index contributed by atoms with van der Waals surface area (Å²) in [6, 6.07) is 1.78. The zero-order valence-electron chi connectivity index (χ0n) is 12.1. The number of hydrogen-bond donors (Lipinski definition) is 1. The van der Waals surface area contributed by atoms with E-state index in [9.17, 15) is 35.8 Å². The maximum absolute atomic E-state index is 14.2. The average Bonchev–Trinajstić information content (AvgIpc) is 2.81. The molecule has 0 radical (unpaired) electrons. The summed E-state index contributed by atoms with van der Waals surface area (Å²) in [7, 11) is 0. The Kier molecular flexibility index (Phi) is 5.46. The van der Waals surface area contributed by atoms with Gasteiger partial charge in [0.1, 0.15) is 11.8 Å². The summed E-state index contributed by atoms with van der Waals surface area (Å²) in [6.45, 7) is -1.11. The number of hydrogen-bond acceptors (Lipinski definition) is 4. The number of alkyl halides is 6. The molecular weight excluding hydrogens is 415 g/mol. The van der Waals surface area contributed by atoms with Gasteiger partial charge in [0, 0.05) is 0 Å². The lowest BCUT2D eigenvalue weighted by molar-refractivity contribution is -0.137. The summed E-state index contributed by atoms with van der Waals surface area (Å²) >= 11 is 4.87. The van der Waals surface area contributed by atoms with Gasteiger partial charge in [-0.05, 0) is 23.9 Å². The van der Waals surface area contributed by atoms with Crippen LogP contribution in [0.5, 0.6) is 0 Å². The van der Waals surface area contributed by atoms with E-state index in [0.717, 1.165) is 0 Å². The molecule has 1 heterocycles. The van der Waals surface area contributed by atoms with E-state index in [1.165, 1.54) is 6.07 Å². The Morgan fingerprint density at radius 3 is 2.27 bits per heavy atom. The van der Waals surface area contributed by atoms with E-state index in [2.05, 4.69) is 5.10 Å². The third kappa shape index (κ3) is 4.05. The van der Waals surface area contributed by atoms with Crippen molar-refractivity contribution in [3.63, 3.8) is 0 Å². The highest BCUT2D eigenvalue weighted by molar-refractivity contribution is 8.00. The highest BCUT2D eigenvalue weighted by Gasteiger charge is 2.36. The molecule has 1 aromatic carbocycles. The second-order valence-corrected chi connectivity index (χ2v) is 6.12. The first-order valence-electron chi connectivity index (χ1n) is 6.34. The zero-order chi connectivity index (χ0) is 19.9. The van der Waals surface area contributed by atoms with E-state index in [1.807, 2.05) is 0 Å². The number of aliphatic hydroxyl groups excluding tert-OH is 1. The Labute approximate surface area is 149 Å². The first kappa shape index (κ1) is 20.3. The van der Waals surface area contributed by atoms with Gasteiger partial charge in [0.05, 0.1) is 27.8 Å². The van der Waals surface area contributed by atoms with Crippen LogP contribution in [0.4, 0.5) is 30.7 Å². The summed E-state index contributed by atoms with van der Waals surface area (Å²) in [5.74, 6) is -1.55. The normalized spacial score (nSPS) is 12.3. The molecule has 1 aromatic heterocycles.